The molecular formula is C36H45N3O5. The highest BCUT2D eigenvalue weighted by Crippen LogP contribution is 2.64. The van der Waals surface area contributed by atoms with E-state index in [4.69, 9.17) is 4.74 Å². The molecule has 5 rings (SSSR count). The zero-order valence-corrected chi connectivity index (χ0v) is 26.4. The fraction of sp³-hybridized carbons (Fsp3) is 0.472. The lowest BCUT2D eigenvalue weighted by molar-refractivity contribution is -0.152. The molecule has 6 atom stereocenters. The highest BCUT2D eigenvalue weighted by Gasteiger charge is 2.79. The molecule has 234 valence electrons. The number of aryl methyl sites for hydroxylation is 2. The second-order valence-corrected chi connectivity index (χ2v) is 12.6. The summed E-state index contributed by atoms with van der Waals surface area (Å²) >= 11 is 0. The summed E-state index contributed by atoms with van der Waals surface area (Å²) in [5.41, 5.74) is 1.18. The zero-order chi connectivity index (χ0) is 31.8. The number of rotatable bonds is 12. The van der Waals surface area contributed by atoms with Crippen LogP contribution >= 0.6 is 0 Å². The number of amides is 3. The number of aliphatic hydroxyl groups excluding tert-OH is 1. The van der Waals surface area contributed by atoms with E-state index < -0.39 is 35.1 Å². The average molecular weight is 600 g/mol. The van der Waals surface area contributed by atoms with E-state index in [9.17, 15) is 14.7 Å². The molecule has 3 heterocycles. The van der Waals surface area contributed by atoms with Gasteiger partial charge in [-0.25, -0.2) is 0 Å². The van der Waals surface area contributed by atoms with Crippen LogP contribution in [0.4, 0.5) is 5.69 Å². The third-order valence-electron chi connectivity index (χ3n) is 9.85. The maximum atomic E-state index is 15.1. The van der Waals surface area contributed by atoms with Crippen molar-refractivity contribution < 1.29 is 24.2 Å². The fourth-order valence-corrected chi connectivity index (χ4v) is 8.10. The molecule has 3 fully saturated rings. The van der Waals surface area contributed by atoms with Crippen molar-refractivity contribution in [3.63, 3.8) is 0 Å². The number of para-hydroxylation sites is 1. The molecule has 3 amide bonds. The standard InChI is InChI=1S/C36H45N3O5/c1-7-20-37(21-8-2)32(41)28-29-33(42)39(27(23-40)26-16-11-10-12-17-26)31(36(29)19-18-35(28,6)44-36)34(43)38(22-9-3)30-24(4)14-13-15-25(30)5/h7,9-17,27-29,31,40H,1,3,8,18-23H2,2,4-6H3/t27-,28+,29+,31?,35-,36?/m1/s1. The van der Waals surface area contributed by atoms with Gasteiger partial charge < -0.3 is 24.5 Å². The van der Waals surface area contributed by atoms with Crippen LogP contribution in [-0.4, -0.2) is 76.1 Å². The van der Waals surface area contributed by atoms with Gasteiger partial charge in [0.25, 0.3) is 5.91 Å². The molecule has 2 bridgehead atoms. The molecule has 2 aromatic carbocycles. The van der Waals surface area contributed by atoms with E-state index in [0.29, 0.717) is 31.5 Å². The molecule has 8 nitrogen and oxygen atoms in total. The van der Waals surface area contributed by atoms with Crippen molar-refractivity contribution in [3.05, 3.63) is 90.5 Å². The number of nitrogens with zero attached hydrogens (tertiary/aromatic N) is 3. The first kappa shape index (κ1) is 31.7. The molecule has 0 aliphatic carbocycles. The SMILES string of the molecule is C=CCN(CCC)C(=O)[C@@H]1[C@H]2C(=O)N([C@H](CO)c3ccccc3)C(C(=O)N(CC=C)c3c(C)cccc3C)C23CC[C@@]1(C)O3. The number of benzene rings is 2. The first-order valence-electron chi connectivity index (χ1n) is 15.7. The Bertz CT molecular complexity index is 1420. The first-order valence-corrected chi connectivity index (χ1v) is 15.7. The number of fused-ring (bicyclic) bond motifs is 1. The van der Waals surface area contributed by atoms with Gasteiger partial charge >= 0.3 is 0 Å². The van der Waals surface area contributed by atoms with Gasteiger partial charge in [-0.05, 0) is 56.7 Å². The van der Waals surface area contributed by atoms with E-state index in [0.717, 1.165) is 23.2 Å². The van der Waals surface area contributed by atoms with Crippen molar-refractivity contribution >= 4 is 23.4 Å². The predicted molar refractivity (Wildman–Crippen MR) is 171 cm³/mol. The summed E-state index contributed by atoms with van der Waals surface area (Å²) in [6.07, 6.45) is 5.13. The van der Waals surface area contributed by atoms with Crippen molar-refractivity contribution in [1.82, 2.24) is 9.80 Å². The summed E-state index contributed by atoms with van der Waals surface area (Å²) in [6, 6.07) is 13.3. The second-order valence-electron chi connectivity index (χ2n) is 12.6. The van der Waals surface area contributed by atoms with Gasteiger partial charge in [0.2, 0.25) is 11.8 Å². The van der Waals surface area contributed by atoms with Gasteiger partial charge in [-0.1, -0.05) is 67.6 Å². The van der Waals surface area contributed by atoms with Crippen LogP contribution in [0.2, 0.25) is 0 Å². The number of ether oxygens (including phenoxy) is 1. The minimum Gasteiger partial charge on any atom is -0.394 e. The molecule has 0 radical (unpaired) electrons. The Balaban J connectivity index is 1.69. The van der Waals surface area contributed by atoms with Crippen LogP contribution in [-0.2, 0) is 19.1 Å². The van der Waals surface area contributed by atoms with Gasteiger partial charge in [0, 0.05) is 25.3 Å². The molecule has 1 spiro atoms. The highest BCUT2D eigenvalue weighted by atomic mass is 16.5. The summed E-state index contributed by atoms with van der Waals surface area (Å²) in [6.45, 7) is 16.3. The average Bonchev–Trinajstić information content (AvgIpc) is 3.57. The van der Waals surface area contributed by atoms with E-state index in [1.165, 1.54) is 4.90 Å². The van der Waals surface area contributed by atoms with Crippen molar-refractivity contribution in [2.24, 2.45) is 11.8 Å². The Kier molecular flexibility index (Phi) is 8.87. The molecule has 2 aromatic rings. The normalized spacial score (nSPS) is 27.6. The predicted octanol–water partition coefficient (Wildman–Crippen LogP) is 4.75. The Morgan fingerprint density at radius 3 is 2.30 bits per heavy atom. The largest absolute Gasteiger partial charge is 0.394 e. The maximum absolute atomic E-state index is 15.1. The second kappa shape index (κ2) is 12.3. The molecule has 3 aliphatic rings. The lowest BCUT2D eigenvalue weighted by Crippen LogP contribution is -2.57. The van der Waals surface area contributed by atoms with E-state index >= 15 is 4.79 Å². The number of hydrogen-bond donors (Lipinski definition) is 1. The van der Waals surface area contributed by atoms with Crippen molar-refractivity contribution in [2.45, 2.75) is 70.2 Å². The highest BCUT2D eigenvalue weighted by molar-refractivity contribution is 6.06. The summed E-state index contributed by atoms with van der Waals surface area (Å²) in [7, 11) is 0. The van der Waals surface area contributed by atoms with Crippen LogP contribution in [0.15, 0.2) is 73.8 Å². The van der Waals surface area contributed by atoms with Crippen LogP contribution in [0.3, 0.4) is 0 Å². The number of carbonyl (C=O) groups is 3. The van der Waals surface area contributed by atoms with Crippen molar-refractivity contribution in [2.75, 3.05) is 31.1 Å². The minimum atomic E-state index is -1.23. The number of likely N-dealkylation sites (tertiary alicyclic amines) is 1. The van der Waals surface area contributed by atoms with Crippen molar-refractivity contribution in [3.8, 4) is 0 Å². The molecule has 3 aliphatic heterocycles. The Hall–Kier alpha value is -3.75. The molecule has 8 heteroatoms. The lowest BCUT2D eigenvalue weighted by atomic mass is 9.66. The fourth-order valence-electron chi connectivity index (χ4n) is 8.10. The van der Waals surface area contributed by atoms with Gasteiger partial charge in [0.15, 0.2) is 0 Å². The van der Waals surface area contributed by atoms with Gasteiger partial charge in [0.1, 0.15) is 11.6 Å². The smallest absolute Gasteiger partial charge is 0.253 e. The summed E-state index contributed by atoms with van der Waals surface area (Å²) in [4.78, 5) is 49.3. The van der Waals surface area contributed by atoms with Gasteiger partial charge in [-0.15, -0.1) is 13.2 Å². The van der Waals surface area contributed by atoms with Crippen LogP contribution < -0.4 is 4.90 Å². The Labute approximate surface area is 261 Å². The molecule has 0 aromatic heterocycles. The van der Waals surface area contributed by atoms with E-state index in [1.54, 1.807) is 22.0 Å². The van der Waals surface area contributed by atoms with E-state index in [-0.39, 0.29) is 30.9 Å². The quantitative estimate of drug-likeness (QED) is 0.356. The van der Waals surface area contributed by atoms with E-state index in [1.807, 2.05) is 76.2 Å². The number of anilines is 1. The number of hydrogen-bond acceptors (Lipinski definition) is 5. The maximum Gasteiger partial charge on any atom is 0.253 e. The molecule has 1 N–H and O–H groups in total. The van der Waals surface area contributed by atoms with Crippen LogP contribution in [0.5, 0.6) is 0 Å². The van der Waals surface area contributed by atoms with Crippen molar-refractivity contribution in [1.29, 1.82) is 0 Å². The zero-order valence-electron chi connectivity index (χ0n) is 26.4. The number of aliphatic hydroxyl groups is 1. The lowest BCUT2D eigenvalue weighted by Gasteiger charge is -2.40. The first-order chi connectivity index (χ1) is 21.1. The van der Waals surface area contributed by atoms with Gasteiger partial charge in [0.05, 0.1) is 30.1 Å². The monoisotopic (exact) mass is 599 g/mol. The van der Waals surface area contributed by atoms with Crippen LogP contribution in [0, 0.1) is 25.7 Å². The number of carbonyl (C=O) groups excluding carboxylic acids is 3. The van der Waals surface area contributed by atoms with Crippen LogP contribution in [0.1, 0.15) is 55.8 Å². The Morgan fingerprint density at radius 1 is 1.05 bits per heavy atom. The van der Waals surface area contributed by atoms with Gasteiger partial charge in [-0.2, -0.15) is 0 Å². The third kappa shape index (κ3) is 4.88. The molecule has 44 heavy (non-hydrogen) atoms. The van der Waals surface area contributed by atoms with E-state index in [2.05, 4.69) is 13.2 Å². The molecule has 2 unspecified atom stereocenters. The summed E-state index contributed by atoms with van der Waals surface area (Å²) in [5.74, 6) is -2.42. The molecule has 3 saturated heterocycles. The minimum absolute atomic E-state index is 0.153. The van der Waals surface area contributed by atoms with Gasteiger partial charge in [-0.3, -0.25) is 14.4 Å². The molecular weight excluding hydrogens is 554 g/mol. The van der Waals surface area contributed by atoms with Crippen LogP contribution in [0.25, 0.3) is 0 Å². The summed E-state index contributed by atoms with van der Waals surface area (Å²) < 4.78 is 6.91. The summed E-state index contributed by atoms with van der Waals surface area (Å²) in [5, 5.41) is 10.8. The molecule has 0 saturated carbocycles. The topological polar surface area (TPSA) is 90.4 Å². The third-order valence-corrected chi connectivity index (χ3v) is 9.85. The Morgan fingerprint density at radius 2 is 1.70 bits per heavy atom.